The third-order valence-electron chi connectivity index (χ3n) is 5.13. The second kappa shape index (κ2) is 6.60. The highest BCUT2D eigenvalue weighted by molar-refractivity contribution is 5.93. The quantitative estimate of drug-likeness (QED) is 0.598. The first-order valence-electron chi connectivity index (χ1n) is 9.41. The van der Waals surface area contributed by atoms with Gasteiger partial charge >= 0.3 is 0 Å². The lowest BCUT2D eigenvalue weighted by atomic mass is 10.2. The first-order valence-corrected chi connectivity index (χ1v) is 9.41. The molecule has 1 fully saturated rings. The van der Waals surface area contributed by atoms with Crippen LogP contribution < -0.4 is 5.32 Å². The number of fused-ring (bicyclic) bond motifs is 3. The Kier molecular flexibility index (Phi) is 3.93. The first kappa shape index (κ1) is 16.7. The van der Waals surface area contributed by atoms with Crippen molar-refractivity contribution in [2.24, 2.45) is 0 Å². The summed E-state index contributed by atoms with van der Waals surface area (Å²) in [6.07, 6.45) is 2.52. The van der Waals surface area contributed by atoms with E-state index in [4.69, 9.17) is 4.98 Å². The number of rotatable bonds is 3. The minimum absolute atomic E-state index is 0.0235. The van der Waals surface area contributed by atoms with Gasteiger partial charge < -0.3 is 10.2 Å². The first-order chi connectivity index (χ1) is 13.7. The van der Waals surface area contributed by atoms with E-state index in [0.717, 1.165) is 34.5 Å². The van der Waals surface area contributed by atoms with Gasteiger partial charge in [-0.05, 0) is 37.6 Å². The zero-order chi connectivity index (χ0) is 19.1. The van der Waals surface area contributed by atoms with Crippen LogP contribution in [0.3, 0.4) is 0 Å². The number of benzene rings is 1. The van der Waals surface area contributed by atoms with E-state index < -0.39 is 0 Å². The van der Waals surface area contributed by atoms with Crippen molar-refractivity contribution in [1.82, 2.24) is 24.5 Å². The highest BCUT2D eigenvalue weighted by Gasteiger charge is 2.28. The van der Waals surface area contributed by atoms with Crippen molar-refractivity contribution in [2.45, 2.75) is 19.4 Å². The number of hydrogen-bond donors (Lipinski definition) is 1. The Morgan fingerprint density at radius 3 is 2.89 bits per heavy atom. The number of nitrogens with zero attached hydrogens (tertiary/aromatic N) is 5. The van der Waals surface area contributed by atoms with E-state index in [1.807, 2.05) is 58.8 Å². The maximum absolute atomic E-state index is 12.6. The Labute approximate surface area is 162 Å². The van der Waals surface area contributed by atoms with E-state index in [-0.39, 0.29) is 11.9 Å². The summed E-state index contributed by atoms with van der Waals surface area (Å²) in [7, 11) is 0. The lowest BCUT2D eigenvalue weighted by Crippen LogP contribution is -2.32. The van der Waals surface area contributed by atoms with Crippen molar-refractivity contribution >= 4 is 28.3 Å². The average Bonchev–Trinajstić information content (AvgIpc) is 3.34. The molecule has 28 heavy (non-hydrogen) atoms. The van der Waals surface area contributed by atoms with Crippen LogP contribution in [0.1, 0.15) is 22.6 Å². The maximum Gasteiger partial charge on any atom is 0.272 e. The van der Waals surface area contributed by atoms with Gasteiger partial charge in [0.25, 0.3) is 5.91 Å². The number of aryl methyl sites for hydroxylation is 1. The third kappa shape index (κ3) is 2.85. The van der Waals surface area contributed by atoms with Gasteiger partial charge in [-0.2, -0.15) is 5.10 Å². The summed E-state index contributed by atoms with van der Waals surface area (Å²) >= 11 is 0. The van der Waals surface area contributed by atoms with Crippen LogP contribution in [0.15, 0.2) is 54.7 Å². The summed E-state index contributed by atoms with van der Waals surface area (Å²) in [6.45, 7) is 3.31. The minimum atomic E-state index is -0.0235. The molecule has 0 radical (unpaired) electrons. The van der Waals surface area contributed by atoms with Gasteiger partial charge in [0.15, 0.2) is 5.65 Å². The van der Waals surface area contributed by atoms with E-state index in [2.05, 4.69) is 15.4 Å². The Bertz CT molecular complexity index is 1170. The summed E-state index contributed by atoms with van der Waals surface area (Å²) in [5.74, 6) is 0.810. The second-order valence-electron chi connectivity index (χ2n) is 7.13. The summed E-state index contributed by atoms with van der Waals surface area (Å²) in [6, 6.07) is 15.6. The van der Waals surface area contributed by atoms with Gasteiger partial charge in [0.05, 0.1) is 11.2 Å². The number of aromatic nitrogens is 4. The monoisotopic (exact) mass is 372 g/mol. The van der Waals surface area contributed by atoms with Gasteiger partial charge in [0.1, 0.15) is 11.5 Å². The molecule has 140 valence electrons. The molecule has 0 bridgehead atoms. The summed E-state index contributed by atoms with van der Waals surface area (Å²) in [5, 5.41) is 9.13. The molecule has 1 unspecified atom stereocenters. The molecule has 4 heterocycles. The zero-order valence-corrected chi connectivity index (χ0v) is 15.5. The molecule has 5 rings (SSSR count). The lowest BCUT2D eigenvalue weighted by Gasteiger charge is -2.18. The fourth-order valence-corrected chi connectivity index (χ4v) is 3.79. The van der Waals surface area contributed by atoms with E-state index in [1.54, 1.807) is 12.3 Å². The molecular formula is C21H20N6O. The van der Waals surface area contributed by atoms with Gasteiger partial charge in [-0.1, -0.05) is 18.2 Å². The highest BCUT2D eigenvalue weighted by Crippen LogP contribution is 2.25. The number of likely N-dealkylation sites (tertiary alicyclic amines) is 1. The van der Waals surface area contributed by atoms with E-state index in [0.29, 0.717) is 18.8 Å². The summed E-state index contributed by atoms with van der Waals surface area (Å²) < 4.78 is 1.88. The van der Waals surface area contributed by atoms with Crippen molar-refractivity contribution in [3.8, 4) is 0 Å². The van der Waals surface area contributed by atoms with Crippen LogP contribution in [0.25, 0.3) is 16.6 Å². The molecular weight excluding hydrogens is 352 g/mol. The summed E-state index contributed by atoms with van der Waals surface area (Å²) in [4.78, 5) is 23.5. The molecule has 1 atom stereocenters. The molecule has 7 heteroatoms. The van der Waals surface area contributed by atoms with Crippen molar-refractivity contribution in [3.05, 3.63) is 66.1 Å². The molecule has 1 aliphatic heterocycles. The van der Waals surface area contributed by atoms with Crippen molar-refractivity contribution in [1.29, 1.82) is 0 Å². The predicted octanol–water partition coefficient (Wildman–Crippen LogP) is 2.91. The lowest BCUT2D eigenvalue weighted by molar-refractivity contribution is 0.0786. The van der Waals surface area contributed by atoms with Crippen LogP contribution in [0.4, 0.5) is 5.82 Å². The number of carbonyl (C=O) groups is 1. The van der Waals surface area contributed by atoms with Crippen molar-refractivity contribution in [3.63, 3.8) is 0 Å². The van der Waals surface area contributed by atoms with Crippen LogP contribution in [0.2, 0.25) is 0 Å². The fourth-order valence-electron chi connectivity index (χ4n) is 3.79. The number of pyridine rings is 1. The fraction of sp³-hybridized carbons (Fsp3) is 0.238. The molecule has 1 aromatic carbocycles. The zero-order valence-electron chi connectivity index (χ0n) is 15.5. The Morgan fingerprint density at radius 2 is 2.04 bits per heavy atom. The van der Waals surface area contributed by atoms with Gasteiger partial charge in [-0.15, -0.1) is 0 Å². The van der Waals surface area contributed by atoms with Crippen LogP contribution in [-0.2, 0) is 0 Å². The second-order valence-corrected chi connectivity index (χ2v) is 7.13. The standard InChI is InChI=1S/C21H20N6O/c1-14-12-19-24-20(16-6-2-3-8-18(16)27(19)25-14)23-15-9-11-26(13-15)21(28)17-7-4-5-10-22-17/h2-8,10,12,15H,9,11,13H2,1H3,(H,23,24). The number of carbonyl (C=O) groups excluding carboxylic acids is 1. The van der Waals surface area contributed by atoms with E-state index in [9.17, 15) is 4.79 Å². The topological polar surface area (TPSA) is 75.4 Å². The molecule has 1 aliphatic rings. The normalized spacial score (nSPS) is 16.8. The molecule has 0 aliphatic carbocycles. The molecule has 1 saturated heterocycles. The van der Waals surface area contributed by atoms with Gasteiger partial charge in [0.2, 0.25) is 0 Å². The number of hydrogen-bond acceptors (Lipinski definition) is 5. The number of para-hydroxylation sites is 1. The minimum Gasteiger partial charge on any atom is -0.365 e. The maximum atomic E-state index is 12.6. The summed E-state index contributed by atoms with van der Waals surface area (Å²) in [5.41, 5.74) is 3.26. The number of nitrogens with one attached hydrogen (secondary N) is 1. The smallest absolute Gasteiger partial charge is 0.272 e. The number of anilines is 1. The van der Waals surface area contributed by atoms with Crippen LogP contribution in [-0.4, -0.2) is 49.5 Å². The molecule has 0 spiro atoms. The number of amides is 1. The molecule has 1 N–H and O–H groups in total. The van der Waals surface area contributed by atoms with Crippen molar-refractivity contribution in [2.75, 3.05) is 18.4 Å². The Morgan fingerprint density at radius 1 is 1.18 bits per heavy atom. The van der Waals surface area contributed by atoms with Crippen LogP contribution in [0, 0.1) is 6.92 Å². The van der Waals surface area contributed by atoms with Gasteiger partial charge in [-0.3, -0.25) is 9.78 Å². The molecule has 1 amide bonds. The highest BCUT2D eigenvalue weighted by atomic mass is 16.2. The molecule has 4 aromatic rings. The van der Waals surface area contributed by atoms with Gasteiger partial charge in [-0.25, -0.2) is 9.50 Å². The Balaban J connectivity index is 1.42. The van der Waals surface area contributed by atoms with Crippen molar-refractivity contribution < 1.29 is 4.79 Å². The third-order valence-corrected chi connectivity index (χ3v) is 5.13. The Hall–Kier alpha value is -3.48. The van der Waals surface area contributed by atoms with Gasteiger partial charge in [0, 0.05) is 36.8 Å². The van der Waals surface area contributed by atoms with E-state index in [1.165, 1.54) is 0 Å². The molecule has 3 aromatic heterocycles. The molecule has 0 saturated carbocycles. The van der Waals surface area contributed by atoms with Crippen LogP contribution in [0.5, 0.6) is 0 Å². The van der Waals surface area contributed by atoms with Crippen LogP contribution >= 0.6 is 0 Å². The van der Waals surface area contributed by atoms with E-state index >= 15 is 0 Å². The average molecular weight is 372 g/mol. The predicted molar refractivity (Wildman–Crippen MR) is 107 cm³/mol. The SMILES string of the molecule is Cc1cc2nc(NC3CCN(C(=O)c4ccccn4)C3)c3ccccc3n2n1. The molecule has 7 nitrogen and oxygen atoms in total. The largest absolute Gasteiger partial charge is 0.365 e.